The molecule has 2 heterocycles. The minimum Gasteiger partial charge on any atom is -0.813 e. The number of hydrogen-bond donors (Lipinski definition) is 1. The molecule has 0 N–H and O–H groups in total. The van der Waals surface area contributed by atoms with E-state index in [0.717, 1.165) is 26.8 Å². The van der Waals surface area contributed by atoms with E-state index < -0.39 is 5.24 Å². The molecule has 10 heteroatoms. The number of carbonyl (C=O) groups excluding carboxylic acids is 2. The molecule has 0 fully saturated rings. The van der Waals surface area contributed by atoms with Crippen LogP contribution >= 0.6 is 46.9 Å². The van der Waals surface area contributed by atoms with Crippen molar-refractivity contribution in [2.24, 2.45) is 0 Å². The molecule has 0 atom stereocenters. The zero-order valence-electron chi connectivity index (χ0n) is 19.6. The fourth-order valence-electron chi connectivity index (χ4n) is 2.58. The van der Waals surface area contributed by atoms with Gasteiger partial charge in [-0.2, -0.15) is 0 Å². The maximum atomic E-state index is 11.1. The summed E-state index contributed by atoms with van der Waals surface area (Å²) in [6.45, 7) is 3.62. The number of carbonyl (C=O) groups is 2. The van der Waals surface area contributed by atoms with Crippen LogP contribution in [0, 0.1) is 13.8 Å². The summed E-state index contributed by atoms with van der Waals surface area (Å²) in [6.07, 6.45) is 0. The van der Waals surface area contributed by atoms with Crippen LogP contribution in [-0.2, 0) is 13.5 Å². The molecule has 0 bridgehead atoms. The van der Waals surface area contributed by atoms with Crippen molar-refractivity contribution in [3.63, 3.8) is 0 Å². The first-order valence-corrected chi connectivity index (χ1v) is 11.3. The molecule has 0 unspecified atom stereocenters. The predicted octanol–water partition coefficient (Wildman–Crippen LogP) is 4.06. The minimum absolute atomic E-state index is 0. The molecule has 4 aromatic rings. The molecular weight excluding hydrogens is 523 g/mol. The van der Waals surface area contributed by atoms with E-state index in [0.29, 0.717) is 15.4 Å². The molecule has 4 rings (SSSR count). The molecule has 0 aliphatic heterocycles. The Kier molecular flexibility index (Phi) is 13.8. The van der Waals surface area contributed by atoms with Crippen molar-refractivity contribution in [2.45, 2.75) is 21.3 Å². The number of benzene rings is 2. The SMILES string of the molecule is Cc1nc(-c2ccccc2)sc1C(=O)Cl.Cc1nc(-c2ccccc2)sc1C(=O)S.[3H]C.[Na+].[SH-]. The van der Waals surface area contributed by atoms with Crippen molar-refractivity contribution >= 4 is 70.8 Å². The van der Waals surface area contributed by atoms with E-state index in [1.54, 1.807) is 6.92 Å². The second kappa shape index (κ2) is 15.1. The van der Waals surface area contributed by atoms with E-state index in [2.05, 4.69) is 22.6 Å². The summed E-state index contributed by atoms with van der Waals surface area (Å²) in [5, 5.41) is 1.04. The van der Waals surface area contributed by atoms with Crippen molar-refractivity contribution in [1.29, 1.82) is 0 Å². The van der Waals surface area contributed by atoms with E-state index in [9.17, 15) is 9.59 Å². The Morgan fingerprint density at radius 3 is 1.52 bits per heavy atom. The number of aromatic nitrogens is 2. The first-order valence-electron chi connectivity index (χ1n) is 9.85. The molecular formula is C23H22ClN2NaO2S4. The molecule has 0 amide bonds. The zero-order valence-corrected chi connectivity index (χ0v) is 24.8. The average Bonchev–Trinajstić information content (AvgIpc) is 3.40. The first-order chi connectivity index (χ1) is 15.4. The average molecular weight is 547 g/mol. The molecule has 0 aliphatic rings. The van der Waals surface area contributed by atoms with Gasteiger partial charge in [0, 0.05) is 12.5 Å². The van der Waals surface area contributed by atoms with Gasteiger partial charge in [-0.05, 0) is 25.4 Å². The summed E-state index contributed by atoms with van der Waals surface area (Å²) in [7, 11) is 1.25. The van der Waals surface area contributed by atoms with E-state index in [1.165, 1.54) is 30.1 Å². The molecule has 33 heavy (non-hydrogen) atoms. The van der Waals surface area contributed by atoms with Crippen LogP contribution in [0.3, 0.4) is 0 Å². The largest absolute Gasteiger partial charge is 1.00 e. The van der Waals surface area contributed by atoms with Gasteiger partial charge in [0.05, 0.1) is 11.4 Å². The molecule has 0 radical (unpaired) electrons. The summed E-state index contributed by atoms with van der Waals surface area (Å²) in [4.78, 5) is 32.0. The maximum absolute atomic E-state index is 11.1. The Morgan fingerprint density at radius 2 is 1.21 bits per heavy atom. The van der Waals surface area contributed by atoms with Gasteiger partial charge in [-0.1, -0.05) is 80.7 Å². The Hall–Kier alpha value is -0.970. The molecule has 4 nitrogen and oxygen atoms in total. The molecule has 168 valence electrons. The van der Waals surface area contributed by atoms with Gasteiger partial charge in [0.2, 0.25) is 5.12 Å². The van der Waals surface area contributed by atoms with Crippen LogP contribution in [0.2, 0.25) is 0 Å². The molecule has 2 aromatic heterocycles. The van der Waals surface area contributed by atoms with E-state index in [-0.39, 0.29) is 48.2 Å². The number of nitrogens with zero attached hydrogens (tertiary/aromatic N) is 2. The Bertz CT molecular complexity index is 1090. The van der Waals surface area contributed by atoms with Crippen LogP contribution < -0.4 is 29.6 Å². The van der Waals surface area contributed by atoms with Crippen molar-refractivity contribution in [1.82, 2.24) is 9.97 Å². The number of rotatable bonds is 4. The molecule has 0 aliphatic carbocycles. The number of halogens is 1. The van der Waals surface area contributed by atoms with Crippen LogP contribution in [0.4, 0.5) is 0 Å². The first kappa shape index (κ1) is 30.1. The van der Waals surface area contributed by atoms with Crippen LogP contribution in [-0.4, -0.2) is 20.3 Å². The Balaban J connectivity index is 0.000000566. The zero-order chi connectivity index (χ0) is 23.7. The van der Waals surface area contributed by atoms with Gasteiger partial charge in [0.25, 0.3) is 5.24 Å². The maximum Gasteiger partial charge on any atom is 1.00 e. The topological polar surface area (TPSA) is 59.9 Å². The summed E-state index contributed by atoms with van der Waals surface area (Å²) in [5.74, 6) is 0. The Labute approximate surface area is 243 Å². The van der Waals surface area contributed by atoms with Gasteiger partial charge in [-0.15, -0.1) is 22.7 Å². The summed E-state index contributed by atoms with van der Waals surface area (Å²) in [6, 6.07) is 19.6. The second-order valence-electron chi connectivity index (χ2n) is 6.18. The van der Waals surface area contributed by atoms with Gasteiger partial charge in [-0.25, -0.2) is 9.97 Å². The fraction of sp³-hybridized carbons (Fsp3) is 0.130. The number of thiazole rings is 2. The monoisotopic (exact) mass is 546 g/mol. The quantitative estimate of drug-likeness (QED) is 0.181. The van der Waals surface area contributed by atoms with Gasteiger partial charge in [0.1, 0.15) is 19.8 Å². The van der Waals surface area contributed by atoms with Crippen LogP contribution in [0.25, 0.3) is 21.1 Å². The van der Waals surface area contributed by atoms with E-state index in [1.807, 2.05) is 67.6 Å². The molecule has 0 saturated heterocycles. The van der Waals surface area contributed by atoms with Gasteiger partial charge in [0.15, 0.2) is 0 Å². The van der Waals surface area contributed by atoms with Gasteiger partial charge >= 0.3 is 29.6 Å². The molecule has 2 aromatic carbocycles. The Morgan fingerprint density at radius 1 is 0.848 bits per heavy atom. The third kappa shape index (κ3) is 8.64. The van der Waals surface area contributed by atoms with Crippen molar-refractivity contribution in [3.05, 3.63) is 81.8 Å². The molecule has 0 saturated carbocycles. The third-order valence-corrected chi connectivity index (χ3v) is 7.09. The third-order valence-electron chi connectivity index (χ3n) is 4.01. The van der Waals surface area contributed by atoms with Crippen LogP contribution in [0.1, 0.15) is 39.5 Å². The van der Waals surface area contributed by atoms with Crippen molar-refractivity contribution in [3.8, 4) is 21.1 Å². The minimum atomic E-state index is -0.438. The van der Waals surface area contributed by atoms with E-state index >= 15 is 0 Å². The van der Waals surface area contributed by atoms with Crippen LogP contribution in [0.15, 0.2) is 60.7 Å². The predicted molar refractivity (Wildman–Crippen MR) is 144 cm³/mol. The summed E-state index contributed by atoms with van der Waals surface area (Å²) >= 11 is 12.0. The van der Waals surface area contributed by atoms with Crippen LogP contribution in [0.5, 0.6) is 0 Å². The summed E-state index contributed by atoms with van der Waals surface area (Å²) < 4.78 is 5.75. The number of hydrogen-bond acceptors (Lipinski definition) is 7. The van der Waals surface area contributed by atoms with Gasteiger partial charge < -0.3 is 13.5 Å². The van der Waals surface area contributed by atoms with E-state index in [4.69, 9.17) is 13.0 Å². The van der Waals surface area contributed by atoms with Crippen molar-refractivity contribution < 1.29 is 40.5 Å². The fourth-order valence-corrected chi connectivity index (χ4v) is 4.95. The number of aryl methyl sites for hydroxylation is 2. The summed E-state index contributed by atoms with van der Waals surface area (Å²) in [5.41, 5.74) is 3.49. The standard InChI is InChI=1S/C11H8ClNOS.C11H9NOS2.CH4.Na.H2S/c1-7-9(10(12)14)15-11(13-7)8-5-3-2-4-6-8;1-7-9(11(13)14)15-10(12-7)8-5-3-2-4-6-8;;;/h2-6H,1H3;2-6H,1H3,(H,13,14);1H4;;1H2/q;;;+1;/p-1/i;;1T;;. The normalized spacial score (nSPS) is 9.55. The van der Waals surface area contributed by atoms with Gasteiger partial charge in [-0.3, -0.25) is 9.59 Å². The number of thiol groups is 2. The van der Waals surface area contributed by atoms with Crippen molar-refractivity contribution in [2.75, 3.05) is 0 Å². The molecule has 0 spiro atoms. The second-order valence-corrected chi connectivity index (χ2v) is 8.93. The smallest absolute Gasteiger partial charge is 0.813 e.